The molecule has 2 N–H and O–H groups in total. The predicted octanol–water partition coefficient (Wildman–Crippen LogP) is 1.07. The third-order valence-corrected chi connectivity index (χ3v) is 4.48. The lowest BCUT2D eigenvalue weighted by Crippen LogP contribution is -2.48. The third-order valence-electron chi connectivity index (χ3n) is 4.48. The summed E-state index contributed by atoms with van der Waals surface area (Å²) in [6.07, 6.45) is 3.91. The van der Waals surface area contributed by atoms with Crippen LogP contribution in [0.15, 0.2) is 12.2 Å². The SMILES string of the molecule is COC(=O)C1CC(O)[C@H]2C(C=CC(C)C2C(=O)O)C1. The topological polar surface area (TPSA) is 83.8 Å². The fourth-order valence-corrected chi connectivity index (χ4v) is 3.57. The molecule has 5 heteroatoms. The number of hydrogen-bond donors (Lipinski definition) is 2. The van der Waals surface area contributed by atoms with E-state index in [-0.39, 0.29) is 36.1 Å². The molecule has 2 rings (SSSR count). The smallest absolute Gasteiger partial charge is 0.308 e. The first-order valence-electron chi connectivity index (χ1n) is 6.62. The Labute approximate surface area is 112 Å². The van der Waals surface area contributed by atoms with Crippen molar-refractivity contribution in [3.63, 3.8) is 0 Å². The number of carbonyl (C=O) groups excluding carboxylic acids is 1. The maximum Gasteiger partial charge on any atom is 0.308 e. The number of aliphatic hydroxyl groups is 1. The number of esters is 1. The number of carbonyl (C=O) groups is 2. The standard InChI is InChI=1S/C14H20O5/c1-7-3-4-8-5-9(14(18)19-2)6-10(15)12(8)11(7)13(16)17/h3-4,7-12,15H,5-6H2,1-2H3,(H,16,17)/t7?,8?,9?,10?,11?,12-/m1/s1. The van der Waals surface area contributed by atoms with Gasteiger partial charge in [0.15, 0.2) is 0 Å². The molecule has 0 saturated heterocycles. The molecule has 6 atom stereocenters. The van der Waals surface area contributed by atoms with Gasteiger partial charge in [-0.15, -0.1) is 0 Å². The van der Waals surface area contributed by atoms with E-state index in [1.807, 2.05) is 19.1 Å². The first-order valence-corrected chi connectivity index (χ1v) is 6.62. The molecule has 0 heterocycles. The van der Waals surface area contributed by atoms with Crippen molar-refractivity contribution in [3.05, 3.63) is 12.2 Å². The zero-order valence-corrected chi connectivity index (χ0v) is 11.2. The van der Waals surface area contributed by atoms with E-state index in [2.05, 4.69) is 0 Å². The summed E-state index contributed by atoms with van der Waals surface area (Å²) < 4.78 is 4.72. The summed E-state index contributed by atoms with van der Waals surface area (Å²) in [5, 5.41) is 19.6. The molecule has 0 aromatic carbocycles. The lowest BCUT2D eigenvalue weighted by Gasteiger charge is -2.44. The number of methoxy groups -OCH3 is 1. The molecule has 0 amide bonds. The van der Waals surface area contributed by atoms with Gasteiger partial charge in [0.25, 0.3) is 0 Å². The van der Waals surface area contributed by atoms with Crippen molar-refractivity contribution in [2.45, 2.75) is 25.9 Å². The van der Waals surface area contributed by atoms with E-state index < -0.39 is 18.0 Å². The number of carboxylic acids is 1. The van der Waals surface area contributed by atoms with Gasteiger partial charge in [0.2, 0.25) is 0 Å². The molecule has 1 saturated carbocycles. The molecule has 0 bridgehead atoms. The summed E-state index contributed by atoms with van der Waals surface area (Å²) in [4.78, 5) is 23.0. The molecule has 5 nitrogen and oxygen atoms in total. The Balaban J connectivity index is 2.23. The van der Waals surface area contributed by atoms with Gasteiger partial charge in [0.1, 0.15) is 0 Å². The van der Waals surface area contributed by atoms with Crippen LogP contribution in [0.5, 0.6) is 0 Å². The number of rotatable bonds is 2. The molecule has 0 aliphatic heterocycles. The van der Waals surface area contributed by atoms with Crippen LogP contribution in [0, 0.1) is 29.6 Å². The van der Waals surface area contributed by atoms with E-state index in [4.69, 9.17) is 4.74 Å². The van der Waals surface area contributed by atoms with Crippen LogP contribution in [0.4, 0.5) is 0 Å². The van der Waals surface area contributed by atoms with Crippen LogP contribution < -0.4 is 0 Å². The number of aliphatic hydroxyl groups excluding tert-OH is 1. The van der Waals surface area contributed by atoms with E-state index in [0.717, 1.165) is 0 Å². The van der Waals surface area contributed by atoms with Crippen LogP contribution in [0.2, 0.25) is 0 Å². The fourth-order valence-electron chi connectivity index (χ4n) is 3.57. The second-order valence-electron chi connectivity index (χ2n) is 5.61. The van der Waals surface area contributed by atoms with E-state index in [1.165, 1.54) is 7.11 Å². The van der Waals surface area contributed by atoms with Crippen LogP contribution >= 0.6 is 0 Å². The Kier molecular flexibility index (Phi) is 3.94. The van der Waals surface area contributed by atoms with Gasteiger partial charge in [-0.05, 0) is 24.7 Å². The maximum absolute atomic E-state index is 11.6. The summed E-state index contributed by atoms with van der Waals surface area (Å²) in [7, 11) is 1.33. The molecule has 5 unspecified atom stereocenters. The van der Waals surface area contributed by atoms with Gasteiger partial charge in [0.05, 0.1) is 25.0 Å². The van der Waals surface area contributed by atoms with Gasteiger partial charge in [-0.2, -0.15) is 0 Å². The minimum absolute atomic E-state index is 0.0647. The van der Waals surface area contributed by atoms with Gasteiger partial charge in [-0.25, -0.2) is 0 Å². The summed E-state index contributed by atoms with van der Waals surface area (Å²) in [6, 6.07) is 0. The highest BCUT2D eigenvalue weighted by Crippen LogP contribution is 2.45. The van der Waals surface area contributed by atoms with Crippen molar-refractivity contribution in [2.24, 2.45) is 29.6 Å². The monoisotopic (exact) mass is 268 g/mol. The molecular formula is C14H20O5. The Morgan fingerprint density at radius 1 is 1.26 bits per heavy atom. The largest absolute Gasteiger partial charge is 0.481 e. The fraction of sp³-hybridized carbons (Fsp3) is 0.714. The summed E-state index contributed by atoms with van der Waals surface area (Å²) in [5.74, 6) is -2.58. The van der Waals surface area contributed by atoms with Crippen LogP contribution in [0.3, 0.4) is 0 Å². The summed E-state index contributed by atoms with van der Waals surface area (Å²) in [5.41, 5.74) is 0. The number of ether oxygens (including phenoxy) is 1. The average Bonchev–Trinajstić information content (AvgIpc) is 2.37. The van der Waals surface area contributed by atoms with Crippen molar-refractivity contribution in [1.29, 1.82) is 0 Å². The number of carboxylic acid groups (broad SMARTS) is 1. The Bertz CT molecular complexity index is 403. The van der Waals surface area contributed by atoms with E-state index in [9.17, 15) is 19.8 Å². The molecule has 19 heavy (non-hydrogen) atoms. The highest BCUT2D eigenvalue weighted by atomic mass is 16.5. The average molecular weight is 268 g/mol. The Hall–Kier alpha value is -1.36. The van der Waals surface area contributed by atoms with Crippen molar-refractivity contribution in [2.75, 3.05) is 7.11 Å². The minimum atomic E-state index is -0.873. The van der Waals surface area contributed by atoms with Crippen LogP contribution in [0.25, 0.3) is 0 Å². The van der Waals surface area contributed by atoms with E-state index in [0.29, 0.717) is 6.42 Å². The van der Waals surface area contributed by atoms with E-state index in [1.54, 1.807) is 0 Å². The highest BCUT2D eigenvalue weighted by Gasteiger charge is 2.48. The molecule has 2 aliphatic rings. The van der Waals surface area contributed by atoms with Crippen molar-refractivity contribution in [3.8, 4) is 0 Å². The third kappa shape index (κ3) is 2.52. The molecule has 0 radical (unpaired) electrons. The van der Waals surface area contributed by atoms with Gasteiger partial charge >= 0.3 is 11.9 Å². The summed E-state index contributed by atoms with van der Waals surface area (Å²) in [6.45, 7) is 1.85. The van der Waals surface area contributed by atoms with Crippen LogP contribution in [-0.2, 0) is 14.3 Å². The quantitative estimate of drug-likeness (QED) is 0.578. The van der Waals surface area contributed by atoms with E-state index >= 15 is 0 Å². The zero-order valence-electron chi connectivity index (χ0n) is 11.2. The van der Waals surface area contributed by atoms with Gasteiger partial charge in [-0.1, -0.05) is 19.1 Å². The number of hydrogen-bond acceptors (Lipinski definition) is 4. The molecule has 1 fully saturated rings. The lowest BCUT2D eigenvalue weighted by atomic mass is 9.61. The Morgan fingerprint density at radius 2 is 1.95 bits per heavy atom. The van der Waals surface area contributed by atoms with Gasteiger partial charge in [0, 0.05) is 5.92 Å². The normalized spacial score (nSPS) is 41.4. The second-order valence-corrected chi connectivity index (χ2v) is 5.61. The molecule has 106 valence electrons. The molecular weight excluding hydrogens is 248 g/mol. The van der Waals surface area contributed by atoms with Crippen LogP contribution in [-0.4, -0.2) is 35.4 Å². The predicted molar refractivity (Wildman–Crippen MR) is 67.2 cm³/mol. The molecule has 0 aromatic rings. The second kappa shape index (κ2) is 5.33. The molecule has 2 aliphatic carbocycles. The zero-order chi connectivity index (χ0) is 14.2. The summed E-state index contributed by atoms with van der Waals surface area (Å²) >= 11 is 0. The minimum Gasteiger partial charge on any atom is -0.481 e. The molecule has 0 spiro atoms. The lowest BCUT2D eigenvalue weighted by molar-refractivity contribution is -0.156. The molecule has 0 aromatic heterocycles. The number of fused-ring (bicyclic) bond motifs is 1. The van der Waals surface area contributed by atoms with Gasteiger partial charge < -0.3 is 14.9 Å². The van der Waals surface area contributed by atoms with Crippen molar-refractivity contribution in [1.82, 2.24) is 0 Å². The van der Waals surface area contributed by atoms with Crippen molar-refractivity contribution < 1.29 is 24.5 Å². The number of aliphatic carboxylic acids is 1. The first kappa shape index (κ1) is 14.1. The Morgan fingerprint density at radius 3 is 2.53 bits per heavy atom. The highest BCUT2D eigenvalue weighted by molar-refractivity contribution is 5.73. The number of allylic oxidation sites excluding steroid dienone is 2. The van der Waals surface area contributed by atoms with Crippen molar-refractivity contribution >= 4 is 11.9 Å². The van der Waals surface area contributed by atoms with Crippen LogP contribution in [0.1, 0.15) is 19.8 Å². The first-order chi connectivity index (χ1) is 8.95. The van der Waals surface area contributed by atoms with Gasteiger partial charge in [-0.3, -0.25) is 9.59 Å². The maximum atomic E-state index is 11.6.